The monoisotopic (exact) mass is 293 g/mol. The first-order chi connectivity index (χ1) is 9.80. The van der Waals surface area contributed by atoms with E-state index in [1.807, 2.05) is 0 Å². The predicted octanol–water partition coefficient (Wildman–Crippen LogP) is 2.64. The second-order valence-electron chi connectivity index (χ2n) is 5.34. The van der Waals surface area contributed by atoms with Gasteiger partial charge in [-0.15, -0.1) is 6.58 Å². The van der Waals surface area contributed by atoms with Gasteiger partial charge in [0, 0.05) is 5.56 Å². The van der Waals surface area contributed by atoms with E-state index in [2.05, 4.69) is 11.9 Å². The molecule has 1 unspecified atom stereocenters. The summed E-state index contributed by atoms with van der Waals surface area (Å²) in [5, 5.41) is 11.6. The van der Waals surface area contributed by atoms with Crippen molar-refractivity contribution in [3.63, 3.8) is 0 Å². The summed E-state index contributed by atoms with van der Waals surface area (Å²) in [6, 6.07) is 4.96. The second kappa shape index (κ2) is 7.02. The van der Waals surface area contributed by atoms with Crippen LogP contribution in [0.4, 0.5) is 4.39 Å². The summed E-state index contributed by atoms with van der Waals surface area (Å²) >= 11 is 0. The van der Waals surface area contributed by atoms with Gasteiger partial charge in [0.1, 0.15) is 11.9 Å². The predicted molar refractivity (Wildman–Crippen MR) is 78.4 cm³/mol. The van der Waals surface area contributed by atoms with Crippen molar-refractivity contribution >= 4 is 11.9 Å². The molecule has 1 aromatic carbocycles. The highest BCUT2D eigenvalue weighted by Gasteiger charge is 2.34. The van der Waals surface area contributed by atoms with Crippen molar-refractivity contribution in [3.8, 4) is 0 Å². The van der Waals surface area contributed by atoms with Crippen LogP contribution in [-0.4, -0.2) is 23.0 Å². The molecule has 1 rings (SSSR count). The fourth-order valence-electron chi connectivity index (χ4n) is 1.97. The van der Waals surface area contributed by atoms with Crippen molar-refractivity contribution in [1.29, 1.82) is 0 Å². The Morgan fingerprint density at radius 1 is 1.43 bits per heavy atom. The summed E-state index contributed by atoms with van der Waals surface area (Å²) in [7, 11) is 0. The number of carbonyl (C=O) groups is 2. The number of rotatable bonds is 7. The zero-order valence-electron chi connectivity index (χ0n) is 12.2. The van der Waals surface area contributed by atoms with E-state index in [1.165, 1.54) is 18.2 Å². The molecule has 0 spiro atoms. The summed E-state index contributed by atoms with van der Waals surface area (Å²) in [5.41, 5.74) is -0.928. The molecule has 5 heteroatoms. The summed E-state index contributed by atoms with van der Waals surface area (Å²) in [6.07, 6.45) is 2.30. The molecule has 114 valence electrons. The Balaban J connectivity index is 2.92. The summed E-state index contributed by atoms with van der Waals surface area (Å²) in [5.74, 6) is -2.13. The number of allylic oxidation sites excluding steroid dienone is 1. The molecule has 0 saturated carbocycles. The number of halogens is 1. The van der Waals surface area contributed by atoms with Gasteiger partial charge >= 0.3 is 5.97 Å². The number of benzene rings is 1. The van der Waals surface area contributed by atoms with Crippen LogP contribution >= 0.6 is 0 Å². The fourth-order valence-corrected chi connectivity index (χ4v) is 1.97. The van der Waals surface area contributed by atoms with Crippen molar-refractivity contribution in [1.82, 2.24) is 5.32 Å². The Kier molecular flexibility index (Phi) is 5.64. The van der Waals surface area contributed by atoms with E-state index in [4.69, 9.17) is 5.11 Å². The number of amides is 1. The minimum Gasteiger partial charge on any atom is -0.480 e. The molecule has 2 N–H and O–H groups in total. The van der Waals surface area contributed by atoms with E-state index < -0.39 is 29.2 Å². The van der Waals surface area contributed by atoms with E-state index in [0.717, 1.165) is 0 Å². The summed E-state index contributed by atoms with van der Waals surface area (Å²) in [4.78, 5) is 23.5. The van der Waals surface area contributed by atoms with Crippen LogP contribution in [0, 0.1) is 5.82 Å². The van der Waals surface area contributed by atoms with Crippen LogP contribution < -0.4 is 5.32 Å². The number of carboxylic acids is 1. The van der Waals surface area contributed by atoms with Crippen LogP contribution in [0.15, 0.2) is 36.9 Å². The molecule has 0 saturated heterocycles. The summed E-state index contributed by atoms with van der Waals surface area (Å²) < 4.78 is 13.8. The zero-order valence-corrected chi connectivity index (χ0v) is 12.2. The van der Waals surface area contributed by atoms with Crippen LogP contribution in [0.25, 0.3) is 0 Å². The molecule has 0 fully saturated rings. The largest absolute Gasteiger partial charge is 0.480 e. The first-order valence-electron chi connectivity index (χ1n) is 6.70. The maximum absolute atomic E-state index is 13.8. The van der Waals surface area contributed by atoms with E-state index >= 15 is 0 Å². The molecule has 0 aliphatic rings. The van der Waals surface area contributed by atoms with Crippen LogP contribution in [0.5, 0.6) is 0 Å². The Morgan fingerprint density at radius 3 is 2.57 bits per heavy atom. The summed E-state index contributed by atoms with van der Waals surface area (Å²) in [6.45, 7) is 6.65. The van der Waals surface area contributed by atoms with E-state index in [-0.39, 0.29) is 12.0 Å². The molecular formula is C16H20FNO3. The average molecular weight is 293 g/mol. The number of carbonyl (C=O) groups excluding carboxylic acids is 1. The van der Waals surface area contributed by atoms with Gasteiger partial charge < -0.3 is 10.4 Å². The maximum Gasteiger partial charge on any atom is 0.326 e. The molecule has 21 heavy (non-hydrogen) atoms. The molecule has 1 aromatic rings. The lowest BCUT2D eigenvalue weighted by Crippen LogP contribution is -2.48. The number of hydrogen-bond donors (Lipinski definition) is 2. The van der Waals surface area contributed by atoms with Gasteiger partial charge in [-0.1, -0.05) is 24.3 Å². The van der Waals surface area contributed by atoms with Gasteiger partial charge in [-0.05, 0) is 32.8 Å². The molecule has 0 radical (unpaired) electrons. The first-order valence-corrected chi connectivity index (χ1v) is 6.70. The highest BCUT2D eigenvalue weighted by Crippen LogP contribution is 2.26. The third-order valence-electron chi connectivity index (χ3n) is 3.38. The van der Waals surface area contributed by atoms with Gasteiger partial charge in [0.15, 0.2) is 0 Å². The minimum atomic E-state index is -1.16. The second-order valence-corrected chi connectivity index (χ2v) is 5.34. The number of nitrogens with one attached hydrogen (secondary N) is 1. The number of aliphatic carboxylic acids is 1. The lowest BCUT2D eigenvalue weighted by molar-refractivity contribution is -0.142. The normalized spacial score (nSPS) is 12.5. The lowest BCUT2D eigenvalue weighted by atomic mass is 9.83. The number of hydrogen-bond acceptors (Lipinski definition) is 2. The number of carboxylic acid groups (broad SMARTS) is 1. The lowest BCUT2D eigenvalue weighted by Gasteiger charge is -2.26. The van der Waals surface area contributed by atoms with Gasteiger partial charge in [0.25, 0.3) is 0 Å². The molecule has 1 amide bonds. The third-order valence-corrected chi connectivity index (χ3v) is 3.38. The van der Waals surface area contributed by atoms with Crippen LogP contribution in [-0.2, 0) is 15.0 Å². The van der Waals surface area contributed by atoms with Crippen molar-refractivity contribution in [2.75, 3.05) is 0 Å². The Bertz CT molecular complexity index is 540. The van der Waals surface area contributed by atoms with Gasteiger partial charge in [0.2, 0.25) is 5.91 Å². The zero-order chi connectivity index (χ0) is 16.0. The highest BCUT2D eigenvalue weighted by atomic mass is 19.1. The smallest absolute Gasteiger partial charge is 0.326 e. The van der Waals surface area contributed by atoms with Crippen molar-refractivity contribution in [3.05, 3.63) is 48.3 Å². The topological polar surface area (TPSA) is 66.4 Å². The van der Waals surface area contributed by atoms with E-state index in [0.29, 0.717) is 6.42 Å². The van der Waals surface area contributed by atoms with Crippen molar-refractivity contribution in [2.24, 2.45) is 0 Å². The molecule has 0 bridgehead atoms. The quantitative estimate of drug-likeness (QED) is 0.759. The van der Waals surface area contributed by atoms with Gasteiger partial charge in [-0.2, -0.15) is 0 Å². The third kappa shape index (κ3) is 4.15. The van der Waals surface area contributed by atoms with E-state index in [9.17, 15) is 14.0 Å². The van der Waals surface area contributed by atoms with E-state index in [1.54, 1.807) is 26.0 Å². The van der Waals surface area contributed by atoms with Gasteiger partial charge in [0.05, 0.1) is 5.41 Å². The SMILES string of the molecule is C=CCCC(NC(=O)C(C)(C)c1ccccc1F)C(=O)O. The maximum atomic E-state index is 13.8. The van der Waals surface area contributed by atoms with Crippen LogP contribution in [0.2, 0.25) is 0 Å². The first kappa shape index (κ1) is 16.9. The minimum absolute atomic E-state index is 0.232. The van der Waals surface area contributed by atoms with Gasteiger partial charge in [-0.3, -0.25) is 4.79 Å². The average Bonchev–Trinajstić information content (AvgIpc) is 2.43. The standard InChI is InChI=1S/C16H20FNO3/c1-4-5-10-13(14(19)20)18-15(21)16(2,3)11-8-6-7-9-12(11)17/h4,6-9,13H,1,5,10H2,2-3H3,(H,18,21)(H,19,20). The molecule has 4 nitrogen and oxygen atoms in total. The molecule has 0 aliphatic carbocycles. The Labute approximate surface area is 123 Å². The molecule has 0 aliphatic heterocycles. The molecule has 0 aromatic heterocycles. The van der Waals surface area contributed by atoms with Crippen LogP contribution in [0.3, 0.4) is 0 Å². The van der Waals surface area contributed by atoms with Crippen molar-refractivity contribution < 1.29 is 19.1 Å². The van der Waals surface area contributed by atoms with Crippen LogP contribution in [0.1, 0.15) is 32.3 Å². The highest BCUT2D eigenvalue weighted by molar-refractivity contribution is 5.90. The Morgan fingerprint density at radius 2 is 2.05 bits per heavy atom. The molecule has 1 atom stereocenters. The van der Waals surface area contributed by atoms with Crippen molar-refractivity contribution in [2.45, 2.75) is 38.1 Å². The Hall–Kier alpha value is -2.17. The van der Waals surface area contributed by atoms with Gasteiger partial charge in [-0.25, -0.2) is 9.18 Å². The fraction of sp³-hybridized carbons (Fsp3) is 0.375. The molecular weight excluding hydrogens is 273 g/mol. The molecule has 0 heterocycles.